The zero-order valence-electron chi connectivity index (χ0n) is 12.7. The van der Waals surface area contributed by atoms with Gasteiger partial charge >= 0.3 is 0 Å². The number of β-amino-alcohol motifs (C(OH)–C–C–N with tert-alkyl or cyclic N) is 1. The molecule has 1 aliphatic rings. The zero-order valence-corrected chi connectivity index (χ0v) is 12.7. The van der Waals surface area contributed by atoms with E-state index in [1.165, 1.54) is 0 Å². The molecular formula is C14H26N4O2. The van der Waals surface area contributed by atoms with Crippen LogP contribution >= 0.6 is 0 Å². The Hall–Kier alpha value is -1.16. The van der Waals surface area contributed by atoms with Gasteiger partial charge in [0, 0.05) is 32.7 Å². The Labute approximate surface area is 121 Å². The first kappa shape index (κ1) is 16.9. The second kappa shape index (κ2) is 7.58. The second-order valence-corrected chi connectivity index (χ2v) is 5.86. The molecule has 1 fully saturated rings. The van der Waals surface area contributed by atoms with Gasteiger partial charge in [0.1, 0.15) is 5.54 Å². The maximum Gasteiger partial charge on any atom is 0.235 e. The summed E-state index contributed by atoms with van der Waals surface area (Å²) < 4.78 is 0. The second-order valence-electron chi connectivity index (χ2n) is 5.86. The SMILES string of the molecule is CC(C)C(C)(C#N)NC(=O)CN1CCN(CCO)CC1. The van der Waals surface area contributed by atoms with Gasteiger partial charge in [0.2, 0.25) is 5.91 Å². The fourth-order valence-corrected chi connectivity index (χ4v) is 2.15. The monoisotopic (exact) mass is 282 g/mol. The summed E-state index contributed by atoms with van der Waals surface area (Å²) in [5, 5.41) is 20.9. The van der Waals surface area contributed by atoms with E-state index in [1.807, 2.05) is 13.8 Å². The molecule has 6 heteroatoms. The third-order valence-electron chi connectivity index (χ3n) is 4.03. The van der Waals surface area contributed by atoms with E-state index in [-0.39, 0.29) is 18.4 Å². The van der Waals surface area contributed by atoms with Crippen molar-refractivity contribution in [2.45, 2.75) is 26.3 Å². The van der Waals surface area contributed by atoms with Crippen LogP contribution in [0.1, 0.15) is 20.8 Å². The molecule has 0 saturated carbocycles. The van der Waals surface area contributed by atoms with Gasteiger partial charge in [-0.05, 0) is 12.8 Å². The Bertz CT molecular complexity index is 359. The summed E-state index contributed by atoms with van der Waals surface area (Å²) in [7, 11) is 0. The average molecular weight is 282 g/mol. The van der Waals surface area contributed by atoms with E-state index in [9.17, 15) is 10.1 Å². The summed E-state index contributed by atoms with van der Waals surface area (Å²) in [4.78, 5) is 16.3. The fourth-order valence-electron chi connectivity index (χ4n) is 2.15. The summed E-state index contributed by atoms with van der Waals surface area (Å²) in [5.41, 5.74) is -0.810. The van der Waals surface area contributed by atoms with E-state index in [0.29, 0.717) is 13.1 Å². The standard InChI is InChI=1S/C14H26N4O2/c1-12(2)14(3,11-15)16-13(20)10-18-6-4-17(5-7-18)8-9-19/h12,19H,4-10H2,1-3H3,(H,16,20). The van der Waals surface area contributed by atoms with Gasteiger partial charge < -0.3 is 10.4 Å². The molecule has 0 aromatic rings. The van der Waals surface area contributed by atoms with Crippen LogP contribution in [0.2, 0.25) is 0 Å². The number of nitrogens with zero attached hydrogens (tertiary/aromatic N) is 3. The molecule has 1 aliphatic heterocycles. The van der Waals surface area contributed by atoms with Crippen molar-refractivity contribution in [2.24, 2.45) is 5.92 Å². The van der Waals surface area contributed by atoms with Crippen molar-refractivity contribution in [1.82, 2.24) is 15.1 Å². The minimum Gasteiger partial charge on any atom is -0.395 e. The van der Waals surface area contributed by atoms with Crippen molar-refractivity contribution in [3.63, 3.8) is 0 Å². The fraction of sp³-hybridized carbons (Fsp3) is 0.857. The molecule has 1 rings (SSSR count). The van der Waals surface area contributed by atoms with E-state index in [4.69, 9.17) is 5.11 Å². The van der Waals surface area contributed by atoms with Crippen molar-refractivity contribution in [3.05, 3.63) is 0 Å². The van der Waals surface area contributed by atoms with Gasteiger partial charge in [-0.1, -0.05) is 13.8 Å². The van der Waals surface area contributed by atoms with Gasteiger partial charge in [-0.15, -0.1) is 0 Å². The van der Waals surface area contributed by atoms with E-state index in [0.717, 1.165) is 26.2 Å². The molecule has 0 aliphatic carbocycles. The van der Waals surface area contributed by atoms with Gasteiger partial charge in [-0.3, -0.25) is 14.6 Å². The van der Waals surface area contributed by atoms with Crippen molar-refractivity contribution < 1.29 is 9.90 Å². The molecule has 114 valence electrons. The van der Waals surface area contributed by atoms with Gasteiger partial charge in [0.15, 0.2) is 0 Å². The number of carbonyl (C=O) groups is 1. The van der Waals surface area contributed by atoms with E-state index in [1.54, 1.807) is 6.92 Å². The van der Waals surface area contributed by atoms with Crippen LogP contribution < -0.4 is 5.32 Å². The number of nitriles is 1. The maximum atomic E-state index is 12.0. The number of amides is 1. The van der Waals surface area contributed by atoms with Gasteiger partial charge in [-0.2, -0.15) is 5.26 Å². The maximum absolute atomic E-state index is 12.0. The molecular weight excluding hydrogens is 256 g/mol. The highest BCUT2D eigenvalue weighted by molar-refractivity contribution is 5.79. The Morgan fingerprint density at radius 1 is 1.35 bits per heavy atom. The highest BCUT2D eigenvalue weighted by Crippen LogP contribution is 2.15. The molecule has 0 spiro atoms. The molecule has 2 N–H and O–H groups in total. The number of nitrogens with one attached hydrogen (secondary N) is 1. The van der Waals surface area contributed by atoms with E-state index >= 15 is 0 Å². The van der Waals surface area contributed by atoms with Crippen LogP contribution in [-0.2, 0) is 4.79 Å². The predicted molar refractivity (Wildman–Crippen MR) is 77.0 cm³/mol. The molecule has 0 aromatic heterocycles. The number of carbonyl (C=O) groups excluding carboxylic acids is 1. The quantitative estimate of drug-likeness (QED) is 0.696. The largest absolute Gasteiger partial charge is 0.395 e. The number of aliphatic hydroxyl groups excluding tert-OH is 1. The Balaban J connectivity index is 2.39. The molecule has 0 aromatic carbocycles. The lowest BCUT2D eigenvalue weighted by molar-refractivity contribution is -0.124. The number of aliphatic hydroxyl groups is 1. The molecule has 1 atom stereocenters. The third-order valence-corrected chi connectivity index (χ3v) is 4.03. The minimum absolute atomic E-state index is 0.0675. The number of hydrogen-bond acceptors (Lipinski definition) is 5. The summed E-state index contributed by atoms with van der Waals surface area (Å²) >= 11 is 0. The number of hydrogen-bond donors (Lipinski definition) is 2. The van der Waals surface area contributed by atoms with Crippen molar-refractivity contribution in [2.75, 3.05) is 45.9 Å². The molecule has 1 amide bonds. The molecule has 1 heterocycles. The lowest BCUT2D eigenvalue weighted by Crippen LogP contribution is -2.54. The first-order chi connectivity index (χ1) is 9.41. The van der Waals surface area contributed by atoms with Crippen molar-refractivity contribution in [1.29, 1.82) is 5.26 Å². The summed E-state index contributed by atoms with van der Waals surface area (Å²) in [5.74, 6) is -0.0313. The number of piperazine rings is 1. The molecule has 20 heavy (non-hydrogen) atoms. The summed E-state index contributed by atoms with van der Waals surface area (Å²) in [6.45, 7) is 10.2. The van der Waals surface area contributed by atoms with Gasteiger partial charge in [0.05, 0.1) is 19.2 Å². The Morgan fingerprint density at radius 2 is 1.90 bits per heavy atom. The number of rotatable bonds is 6. The van der Waals surface area contributed by atoms with Crippen LogP contribution in [0.4, 0.5) is 0 Å². The summed E-state index contributed by atoms with van der Waals surface area (Å²) in [6, 6.07) is 2.18. The van der Waals surface area contributed by atoms with Crippen molar-refractivity contribution in [3.8, 4) is 6.07 Å². The highest BCUT2D eigenvalue weighted by atomic mass is 16.3. The smallest absolute Gasteiger partial charge is 0.235 e. The average Bonchev–Trinajstić information content (AvgIpc) is 2.40. The lowest BCUT2D eigenvalue weighted by Gasteiger charge is -2.35. The van der Waals surface area contributed by atoms with Gasteiger partial charge in [0.25, 0.3) is 0 Å². The first-order valence-corrected chi connectivity index (χ1v) is 7.19. The van der Waals surface area contributed by atoms with Crippen LogP contribution in [0, 0.1) is 17.2 Å². The summed E-state index contributed by atoms with van der Waals surface area (Å²) in [6.07, 6.45) is 0. The van der Waals surface area contributed by atoms with Crippen LogP contribution in [0.3, 0.4) is 0 Å². The molecule has 1 unspecified atom stereocenters. The van der Waals surface area contributed by atoms with Crippen LogP contribution in [0.25, 0.3) is 0 Å². The van der Waals surface area contributed by atoms with Crippen LogP contribution in [0.15, 0.2) is 0 Å². The van der Waals surface area contributed by atoms with Gasteiger partial charge in [-0.25, -0.2) is 0 Å². The van der Waals surface area contributed by atoms with Crippen molar-refractivity contribution >= 4 is 5.91 Å². The zero-order chi connectivity index (χ0) is 15.2. The third kappa shape index (κ3) is 4.75. The molecule has 0 bridgehead atoms. The van der Waals surface area contributed by atoms with Crippen LogP contribution in [0.5, 0.6) is 0 Å². The first-order valence-electron chi connectivity index (χ1n) is 7.19. The topological polar surface area (TPSA) is 79.6 Å². The minimum atomic E-state index is -0.810. The van der Waals surface area contributed by atoms with E-state index < -0.39 is 5.54 Å². The molecule has 0 radical (unpaired) electrons. The Morgan fingerprint density at radius 3 is 2.35 bits per heavy atom. The molecule has 1 saturated heterocycles. The normalized spacial score (nSPS) is 20.4. The predicted octanol–water partition coefficient (Wildman–Crippen LogP) is -0.349. The van der Waals surface area contributed by atoms with E-state index in [2.05, 4.69) is 21.2 Å². The highest BCUT2D eigenvalue weighted by Gasteiger charge is 2.30. The molecule has 6 nitrogen and oxygen atoms in total. The lowest BCUT2D eigenvalue weighted by atomic mass is 9.90. The van der Waals surface area contributed by atoms with Crippen LogP contribution in [-0.4, -0.2) is 72.2 Å². The Kier molecular flexibility index (Phi) is 6.40.